The van der Waals surface area contributed by atoms with Crippen molar-refractivity contribution in [3.63, 3.8) is 0 Å². The molecule has 0 aliphatic carbocycles. The zero-order chi connectivity index (χ0) is 20.2. The number of halogens is 1. The zero-order valence-electron chi connectivity index (χ0n) is 16.2. The molecule has 2 aromatic carbocycles. The van der Waals surface area contributed by atoms with Crippen molar-refractivity contribution in [2.24, 2.45) is 0 Å². The third-order valence-electron chi connectivity index (χ3n) is 5.11. The summed E-state index contributed by atoms with van der Waals surface area (Å²) in [5.74, 6) is 0.728. The van der Waals surface area contributed by atoms with Crippen LogP contribution in [0.5, 0.6) is 0 Å². The Balaban J connectivity index is 1.47. The number of aromatic nitrogens is 2. The highest BCUT2D eigenvalue weighted by Gasteiger charge is 2.18. The normalized spacial score (nSPS) is 14.6. The first kappa shape index (κ1) is 19.4. The van der Waals surface area contributed by atoms with Crippen LogP contribution in [-0.4, -0.2) is 49.3 Å². The van der Waals surface area contributed by atoms with Crippen LogP contribution in [0.1, 0.15) is 10.4 Å². The number of nitrogens with one attached hydrogen (secondary N) is 2. The van der Waals surface area contributed by atoms with Gasteiger partial charge in [0.15, 0.2) is 5.82 Å². The van der Waals surface area contributed by atoms with Gasteiger partial charge in [-0.05, 0) is 48.5 Å². The number of piperazine rings is 1. The molecule has 29 heavy (non-hydrogen) atoms. The highest BCUT2D eigenvalue weighted by Crippen LogP contribution is 2.22. The molecule has 2 N–H and O–H groups in total. The van der Waals surface area contributed by atoms with Crippen molar-refractivity contribution < 1.29 is 9.69 Å². The second-order valence-electron chi connectivity index (χ2n) is 7.26. The number of amides is 1. The molecule has 0 saturated carbocycles. The van der Waals surface area contributed by atoms with E-state index in [1.54, 1.807) is 29.2 Å². The van der Waals surface area contributed by atoms with E-state index in [1.807, 2.05) is 36.4 Å². The molecule has 1 aliphatic heterocycles. The van der Waals surface area contributed by atoms with Crippen LogP contribution in [0.2, 0.25) is 5.02 Å². The van der Waals surface area contributed by atoms with E-state index < -0.39 is 0 Å². The lowest BCUT2D eigenvalue weighted by molar-refractivity contribution is -0.880. The second kappa shape index (κ2) is 8.59. The number of likely N-dealkylation sites (N-methyl/N-ethyl adjacent to an activating group) is 1. The SMILES string of the molecule is C[NH+]1CCN(c2ccc(-c3cccc(NC(=O)c4ccc(Cl)cc4)c3)nn2)CC1. The number of carbonyl (C=O) groups excluding carboxylic acids is 1. The first-order valence-electron chi connectivity index (χ1n) is 9.66. The van der Waals surface area contributed by atoms with Crippen LogP contribution in [0.15, 0.2) is 60.7 Å². The summed E-state index contributed by atoms with van der Waals surface area (Å²) >= 11 is 5.88. The van der Waals surface area contributed by atoms with Gasteiger partial charge in [0.1, 0.15) is 0 Å². The summed E-state index contributed by atoms with van der Waals surface area (Å²) in [7, 11) is 2.21. The van der Waals surface area contributed by atoms with Crippen molar-refractivity contribution >= 4 is 29.0 Å². The number of carbonyl (C=O) groups is 1. The summed E-state index contributed by atoms with van der Waals surface area (Å²) in [5.41, 5.74) is 2.94. The zero-order valence-corrected chi connectivity index (χ0v) is 17.0. The van der Waals surface area contributed by atoms with E-state index in [4.69, 9.17) is 11.6 Å². The Morgan fingerprint density at radius 3 is 2.48 bits per heavy atom. The molecule has 1 saturated heterocycles. The van der Waals surface area contributed by atoms with Gasteiger partial charge in [0.2, 0.25) is 0 Å². The lowest BCUT2D eigenvalue weighted by Crippen LogP contribution is -3.12. The Morgan fingerprint density at radius 2 is 1.79 bits per heavy atom. The van der Waals surface area contributed by atoms with Crippen LogP contribution in [0.25, 0.3) is 11.3 Å². The molecule has 148 valence electrons. The maximum atomic E-state index is 12.4. The average Bonchev–Trinajstić information content (AvgIpc) is 2.75. The van der Waals surface area contributed by atoms with Gasteiger partial charge in [-0.15, -0.1) is 10.2 Å². The molecular formula is C22H23ClN5O+. The van der Waals surface area contributed by atoms with Gasteiger partial charge < -0.3 is 15.1 Å². The van der Waals surface area contributed by atoms with Crippen LogP contribution in [0.4, 0.5) is 11.5 Å². The van der Waals surface area contributed by atoms with Crippen LogP contribution in [0, 0.1) is 0 Å². The van der Waals surface area contributed by atoms with Crippen molar-refractivity contribution in [3.05, 3.63) is 71.2 Å². The van der Waals surface area contributed by atoms with Crippen molar-refractivity contribution in [1.29, 1.82) is 0 Å². The van der Waals surface area contributed by atoms with E-state index in [0.717, 1.165) is 43.3 Å². The lowest BCUT2D eigenvalue weighted by atomic mass is 10.1. The van der Waals surface area contributed by atoms with Crippen LogP contribution in [-0.2, 0) is 0 Å². The Bertz CT molecular complexity index is 983. The summed E-state index contributed by atoms with van der Waals surface area (Å²) in [6.07, 6.45) is 0. The highest BCUT2D eigenvalue weighted by molar-refractivity contribution is 6.30. The average molecular weight is 409 g/mol. The molecule has 0 spiro atoms. The first-order valence-corrected chi connectivity index (χ1v) is 10.0. The predicted octanol–water partition coefficient (Wildman–Crippen LogP) is 2.38. The summed E-state index contributed by atoms with van der Waals surface area (Å²) < 4.78 is 0. The van der Waals surface area contributed by atoms with Gasteiger partial charge in [0.25, 0.3) is 5.91 Å². The summed E-state index contributed by atoms with van der Waals surface area (Å²) in [6, 6.07) is 18.4. The highest BCUT2D eigenvalue weighted by atomic mass is 35.5. The van der Waals surface area contributed by atoms with E-state index in [1.165, 1.54) is 0 Å². The van der Waals surface area contributed by atoms with Gasteiger partial charge in [-0.2, -0.15) is 0 Å². The number of nitrogens with zero attached hydrogens (tertiary/aromatic N) is 3. The molecular weight excluding hydrogens is 386 g/mol. The fourth-order valence-electron chi connectivity index (χ4n) is 3.33. The molecule has 1 aromatic heterocycles. The van der Waals surface area contributed by atoms with E-state index in [9.17, 15) is 4.79 Å². The number of anilines is 2. The number of quaternary nitrogens is 1. The monoisotopic (exact) mass is 408 g/mol. The van der Waals surface area contributed by atoms with Crippen LogP contribution in [0.3, 0.4) is 0 Å². The molecule has 1 aliphatic rings. The maximum Gasteiger partial charge on any atom is 0.255 e. The quantitative estimate of drug-likeness (QED) is 0.695. The number of hydrogen-bond donors (Lipinski definition) is 2. The fraction of sp³-hybridized carbons (Fsp3) is 0.227. The van der Waals surface area contributed by atoms with Crippen molar-refractivity contribution in [1.82, 2.24) is 10.2 Å². The number of rotatable bonds is 4. The Hall–Kier alpha value is -2.96. The Kier molecular flexibility index (Phi) is 5.74. The van der Waals surface area contributed by atoms with Crippen LogP contribution >= 0.6 is 11.6 Å². The van der Waals surface area contributed by atoms with Crippen molar-refractivity contribution in [2.45, 2.75) is 0 Å². The lowest BCUT2D eigenvalue weighted by Gasteiger charge is -2.30. The van der Waals surface area contributed by atoms with Gasteiger partial charge in [-0.25, -0.2) is 0 Å². The molecule has 2 heterocycles. The largest absolute Gasteiger partial charge is 0.344 e. The molecule has 6 nitrogen and oxygen atoms in total. The Morgan fingerprint density at radius 1 is 1.03 bits per heavy atom. The third-order valence-corrected chi connectivity index (χ3v) is 5.37. The van der Waals surface area contributed by atoms with E-state index >= 15 is 0 Å². The van der Waals surface area contributed by atoms with Gasteiger partial charge in [-0.3, -0.25) is 4.79 Å². The smallest absolute Gasteiger partial charge is 0.255 e. The molecule has 0 atom stereocenters. The molecule has 1 amide bonds. The van der Waals surface area contributed by atoms with Gasteiger partial charge >= 0.3 is 0 Å². The standard InChI is InChI=1S/C22H22ClN5O/c1-27-11-13-28(14-12-27)21-10-9-20(25-26-21)17-3-2-4-19(15-17)24-22(29)16-5-7-18(23)8-6-16/h2-10,15H,11-14H2,1H3,(H,24,29)/p+1. The van der Waals surface area contributed by atoms with E-state index in [2.05, 4.69) is 27.5 Å². The fourth-order valence-corrected chi connectivity index (χ4v) is 3.45. The van der Waals surface area contributed by atoms with Gasteiger partial charge in [-0.1, -0.05) is 23.7 Å². The second-order valence-corrected chi connectivity index (χ2v) is 7.70. The van der Waals surface area contributed by atoms with Crippen LogP contribution < -0.4 is 15.1 Å². The Labute approximate surface area is 175 Å². The molecule has 7 heteroatoms. The molecule has 0 bridgehead atoms. The molecule has 3 aromatic rings. The summed E-state index contributed by atoms with van der Waals surface area (Å²) in [6.45, 7) is 4.20. The van der Waals surface area contributed by atoms with E-state index in [-0.39, 0.29) is 5.91 Å². The summed E-state index contributed by atoms with van der Waals surface area (Å²) in [4.78, 5) is 16.2. The minimum atomic E-state index is -0.183. The first-order chi connectivity index (χ1) is 14.1. The number of hydrogen-bond acceptors (Lipinski definition) is 4. The maximum absolute atomic E-state index is 12.4. The molecule has 4 rings (SSSR count). The topological polar surface area (TPSA) is 62.6 Å². The number of benzene rings is 2. The third kappa shape index (κ3) is 4.72. The molecule has 0 unspecified atom stereocenters. The van der Waals surface area contributed by atoms with Crippen molar-refractivity contribution in [2.75, 3.05) is 43.4 Å². The molecule has 1 fully saturated rings. The van der Waals surface area contributed by atoms with Crippen molar-refractivity contribution in [3.8, 4) is 11.3 Å². The van der Waals surface area contributed by atoms with E-state index in [0.29, 0.717) is 16.3 Å². The van der Waals surface area contributed by atoms with Gasteiger partial charge in [0, 0.05) is 21.8 Å². The van der Waals surface area contributed by atoms with Gasteiger partial charge in [0.05, 0.1) is 38.9 Å². The molecule has 0 radical (unpaired) electrons. The minimum Gasteiger partial charge on any atom is -0.344 e. The minimum absolute atomic E-state index is 0.183. The summed E-state index contributed by atoms with van der Waals surface area (Å²) in [5, 5.41) is 12.3. The predicted molar refractivity (Wildman–Crippen MR) is 116 cm³/mol.